The summed E-state index contributed by atoms with van der Waals surface area (Å²) in [5.74, 6) is 5.70. The van der Waals surface area contributed by atoms with Gasteiger partial charge >= 0.3 is 6.18 Å². The lowest BCUT2D eigenvalue weighted by Gasteiger charge is -2.09. The topological polar surface area (TPSA) is 115 Å². The second kappa shape index (κ2) is 9.16. The van der Waals surface area contributed by atoms with Crippen LogP contribution in [0.2, 0.25) is 5.02 Å². The van der Waals surface area contributed by atoms with Crippen LogP contribution >= 0.6 is 23.4 Å². The normalized spacial score (nSPS) is 11.5. The number of nitrogens with one attached hydrogen (secondary N) is 2. The second-order valence-corrected chi connectivity index (χ2v) is 8.14. The number of aromatic amines is 1. The molecule has 0 radical (unpaired) electrons. The number of alkyl halides is 3. The van der Waals surface area contributed by atoms with Crippen LogP contribution in [0.15, 0.2) is 59.8 Å². The molecule has 33 heavy (non-hydrogen) atoms. The molecule has 4 N–H and O–H groups in total. The summed E-state index contributed by atoms with van der Waals surface area (Å²) in [6, 6.07) is 13.3. The minimum absolute atomic E-state index is 0.0394. The van der Waals surface area contributed by atoms with E-state index in [1.165, 1.54) is 16.8 Å². The molecule has 0 atom stereocenters. The third-order valence-electron chi connectivity index (χ3n) is 4.43. The van der Waals surface area contributed by atoms with Gasteiger partial charge in [0.15, 0.2) is 0 Å². The van der Waals surface area contributed by atoms with Crippen molar-refractivity contribution < 1.29 is 18.0 Å². The molecule has 0 aliphatic carbocycles. The third-order valence-corrected chi connectivity index (χ3v) is 5.62. The fourth-order valence-electron chi connectivity index (χ4n) is 2.86. The van der Waals surface area contributed by atoms with Crippen molar-refractivity contribution in [2.75, 3.05) is 16.9 Å². The fraction of sp³-hybridized carbons (Fsp3) is 0.100. The summed E-state index contributed by atoms with van der Waals surface area (Å²) in [4.78, 5) is 12.2. The van der Waals surface area contributed by atoms with Gasteiger partial charge in [-0.2, -0.15) is 18.3 Å². The number of halogens is 4. The van der Waals surface area contributed by atoms with E-state index in [1.807, 2.05) is 12.1 Å². The number of nitrogens with zero attached hydrogens (tertiary/aromatic N) is 4. The standard InChI is InChI=1S/C20H15ClF3N7OS/c21-13-6-4-11(5-7-13)15-9-16(28-27-15)18-29-30-19(31(18)25)33-10-17(32)26-14-3-1-2-12(8-14)20(22,23)24/h1-9H,10,25H2,(H,26,32)(H,27,28). The molecule has 0 saturated carbocycles. The molecular formula is C20H15ClF3N7OS. The summed E-state index contributed by atoms with van der Waals surface area (Å²) < 4.78 is 39.6. The SMILES string of the molecule is Nn1c(SCC(=O)Nc2cccc(C(F)(F)F)c2)nnc1-c1cc(-c2ccc(Cl)cc2)n[nH]1. The number of rotatable bonds is 6. The summed E-state index contributed by atoms with van der Waals surface area (Å²) in [5, 5.41) is 18.3. The lowest BCUT2D eigenvalue weighted by molar-refractivity contribution is -0.137. The fourth-order valence-corrected chi connectivity index (χ4v) is 3.65. The number of hydrogen-bond acceptors (Lipinski definition) is 6. The Morgan fingerprint density at radius 2 is 1.91 bits per heavy atom. The second-order valence-electron chi connectivity index (χ2n) is 6.77. The lowest BCUT2D eigenvalue weighted by atomic mass is 10.1. The van der Waals surface area contributed by atoms with Crippen molar-refractivity contribution in [1.82, 2.24) is 25.1 Å². The minimum Gasteiger partial charge on any atom is -0.335 e. The van der Waals surface area contributed by atoms with Gasteiger partial charge in [-0.25, -0.2) is 4.68 Å². The number of hydrogen-bond donors (Lipinski definition) is 3. The summed E-state index contributed by atoms with van der Waals surface area (Å²) in [6.07, 6.45) is -4.50. The Bertz CT molecular complexity index is 1290. The maximum atomic E-state index is 12.8. The summed E-state index contributed by atoms with van der Waals surface area (Å²) in [7, 11) is 0. The van der Waals surface area contributed by atoms with Crippen LogP contribution < -0.4 is 11.2 Å². The highest BCUT2D eigenvalue weighted by Crippen LogP contribution is 2.31. The Balaban J connectivity index is 1.41. The van der Waals surface area contributed by atoms with Crippen LogP contribution in [0.5, 0.6) is 0 Å². The van der Waals surface area contributed by atoms with Gasteiger partial charge in [-0.15, -0.1) is 10.2 Å². The molecule has 1 amide bonds. The van der Waals surface area contributed by atoms with Gasteiger partial charge in [0.25, 0.3) is 0 Å². The van der Waals surface area contributed by atoms with Gasteiger partial charge in [0.05, 0.1) is 17.0 Å². The molecule has 8 nitrogen and oxygen atoms in total. The van der Waals surface area contributed by atoms with E-state index in [-0.39, 0.29) is 16.6 Å². The highest BCUT2D eigenvalue weighted by Gasteiger charge is 2.30. The Morgan fingerprint density at radius 1 is 1.15 bits per heavy atom. The van der Waals surface area contributed by atoms with Crippen molar-refractivity contribution in [1.29, 1.82) is 0 Å². The van der Waals surface area contributed by atoms with E-state index in [9.17, 15) is 18.0 Å². The number of carbonyl (C=O) groups is 1. The van der Waals surface area contributed by atoms with Crippen molar-refractivity contribution in [3.05, 3.63) is 65.2 Å². The highest BCUT2D eigenvalue weighted by molar-refractivity contribution is 7.99. The zero-order valence-electron chi connectivity index (χ0n) is 16.6. The molecule has 0 aliphatic heterocycles. The molecule has 0 fully saturated rings. The van der Waals surface area contributed by atoms with Crippen LogP contribution in [0.1, 0.15) is 5.56 Å². The molecular weight excluding hydrogens is 479 g/mol. The number of thioether (sulfide) groups is 1. The van der Waals surface area contributed by atoms with E-state index in [1.54, 1.807) is 18.2 Å². The van der Waals surface area contributed by atoms with Gasteiger partial charge in [-0.1, -0.05) is 41.6 Å². The molecule has 4 aromatic rings. The molecule has 0 unspecified atom stereocenters. The number of benzene rings is 2. The van der Waals surface area contributed by atoms with Gasteiger partial charge < -0.3 is 11.2 Å². The Labute approximate surface area is 194 Å². The molecule has 0 saturated heterocycles. The Hall–Kier alpha value is -3.51. The average molecular weight is 494 g/mol. The quantitative estimate of drug-likeness (QED) is 0.270. The zero-order valence-corrected chi connectivity index (χ0v) is 18.2. The van der Waals surface area contributed by atoms with Crippen molar-refractivity contribution >= 4 is 35.0 Å². The molecule has 2 heterocycles. The van der Waals surface area contributed by atoms with E-state index in [0.717, 1.165) is 29.5 Å². The molecule has 0 spiro atoms. The number of anilines is 1. The van der Waals surface area contributed by atoms with E-state index >= 15 is 0 Å². The summed E-state index contributed by atoms with van der Waals surface area (Å²) in [5.41, 5.74) is 1.19. The first-order valence-electron chi connectivity index (χ1n) is 9.33. The van der Waals surface area contributed by atoms with Gasteiger partial charge in [-0.05, 0) is 36.4 Å². The number of nitrogens with two attached hydrogens (primary N) is 1. The first kappa shape index (κ1) is 22.7. The number of carbonyl (C=O) groups excluding carboxylic acids is 1. The van der Waals surface area contributed by atoms with Crippen molar-refractivity contribution in [3.63, 3.8) is 0 Å². The Kier molecular flexibility index (Phi) is 6.29. The van der Waals surface area contributed by atoms with E-state index in [2.05, 4.69) is 25.7 Å². The maximum Gasteiger partial charge on any atom is 0.416 e. The first-order valence-corrected chi connectivity index (χ1v) is 10.7. The minimum atomic E-state index is -4.50. The smallest absolute Gasteiger partial charge is 0.335 e. The van der Waals surface area contributed by atoms with Crippen LogP contribution in [0.3, 0.4) is 0 Å². The number of amides is 1. The Morgan fingerprint density at radius 3 is 2.64 bits per heavy atom. The van der Waals surface area contributed by atoms with Crippen LogP contribution in [0, 0.1) is 0 Å². The molecule has 2 aromatic carbocycles. The number of H-pyrrole nitrogens is 1. The summed E-state index contributed by atoms with van der Waals surface area (Å²) >= 11 is 6.89. The van der Waals surface area contributed by atoms with Crippen LogP contribution in [0.25, 0.3) is 22.8 Å². The molecule has 170 valence electrons. The van der Waals surface area contributed by atoms with E-state index in [0.29, 0.717) is 22.2 Å². The van der Waals surface area contributed by atoms with Crippen molar-refractivity contribution in [2.24, 2.45) is 0 Å². The molecule has 2 aromatic heterocycles. The van der Waals surface area contributed by atoms with Gasteiger partial charge in [0, 0.05) is 16.3 Å². The van der Waals surface area contributed by atoms with Crippen LogP contribution in [0.4, 0.5) is 18.9 Å². The maximum absolute atomic E-state index is 12.8. The predicted octanol–water partition coefficient (Wildman–Crippen LogP) is 4.45. The van der Waals surface area contributed by atoms with Crippen molar-refractivity contribution in [2.45, 2.75) is 11.3 Å². The number of nitrogen functional groups attached to an aromatic ring is 1. The first-order chi connectivity index (χ1) is 15.7. The van der Waals surface area contributed by atoms with Crippen molar-refractivity contribution in [3.8, 4) is 22.8 Å². The molecule has 13 heteroatoms. The highest BCUT2D eigenvalue weighted by atomic mass is 35.5. The van der Waals surface area contributed by atoms with Crippen LogP contribution in [-0.4, -0.2) is 36.7 Å². The monoisotopic (exact) mass is 493 g/mol. The summed E-state index contributed by atoms with van der Waals surface area (Å²) in [6.45, 7) is 0. The van der Waals surface area contributed by atoms with E-state index < -0.39 is 17.6 Å². The predicted molar refractivity (Wildman–Crippen MR) is 119 cm³/mol. The zero-order chi connectivity index (χ0) is 23.6. The van der Waals surface area contributed by atoms with Gasteiger partial charge in [-0.3, -0.25) is 9.89 Å². The molecule has 0 aliphatic rings. The van der Waals surface area contributed by atoms with Gasteiger partial charge in [0.2, 0.25) is 16.9 Å². The number of aromatic nitrogens is 5. The largest absolute Gasteiger partial charge is 0.416 e. The molecule has 0 bridgehead atoms. The van der Waals surface area contributed by atoms with Gasteiger partial charge in [0.1, 0.15) is 5.69 Å². The average Bonchev–Trinajstić information content (AvgIpc) is 3.39. The van der Waals surface area contributed by atoms with E-state index in [4.69, 9.17) is 17.4 Å². The third kappa shape index (κ3) is 5.29. The van der Waals surface area contributed by atoms with Crippen LogP contribution in [-0.2, 0) is 11.0 Å². The molecule has 4 rings (SSSR count). The lowest BCUT2D eigenvalue weighted by Crippen LogP contribution is -2.17.